The van der Waals surface area contributed by atoms with Crippen molar-refractivity contribution in [3.63, 3.8) is 0 Å². The van der Waals surface area contributed by atoms with Crippen LogP contribution in [0.4, 0.5) is 4.39 Å². The number of thioether (sulfide) groups is 1. The van der Waals surface area contributed by atoms with Crippen molar-refractivity contribution in [3.05, 3.63) is 35.6 Å². The minimum atomic E-state index is -0.211. The number of hydrogen-bond acceptors (Lipinski definition) is 3. The molecule has 0 heterocycles. The first-order valence-electron chi connectivity index (χ1n) is 6.24. The Labute approximate surface area is 114 Å². The molecular weight excluding hydrogens is 247 g/mol. The maximum absolute atomic E-state index is 12.8. The lowest BCUT2D eigenvalue weighted by Crippen LogP contribution is -2.33. The second kappa shape index (κ2) is 7.77. The lowest BCUT2D eigenvalue weighted by Gasteiger charge is -2.25. The fraction of sp³-hybridized carbons (Fsp3) is 0.571. The first-order chi connectivity index (χ1) is 8.54. The van der Waals surface area contributed by atoms with Crippen LogP contribution in [-0.4, -0.2) is 36.5 Å². The Bertz CT molecular complexity index is 342. The average Bonchev–Trinajstić information content (AvgIpc) is 2.36. The quantitative estimate of drug-likeness (QED) is 0.826. The van der Waals surface area contributed by atoms with Gasteiger partial charge in [-0.15, -0.1) is 0 Å². The van der Waals surface area contributed by atoms with Gasteiger partial charge in [0.25, 0.3) is 0 Å². The first-order valence-corrected chi connectivity index (χ1v) is 7.64. The molecule has 0 amide bonds. The van der Waals surface area contributed by atoms with Crippen molar-refractivity contribution in [1.29, 1.82) is 0 Å². The van der Waals surface area contributed by atoms with Gasteiger partial charge in [-0.05, 0) is 50.9 Å². The number of nitrogens with two attached hydrogens (primary N) is 1. The van der Waals surface area contributed by atoms with Crippen molar-refractivity contribution in [2.24, 2.45) is 5.73 Å². The summed E-state index contributed by atoms with van der Waals surface area (Å²) in [4.78, 5) is 2.32. The molecular formula is C14H23FN2S. The third-order valence-corrected chi connectivity index (χ3v) is 4.07. The maximum Gasteiger partial charge on any atom is 0.123 e. The summed E-state index contributed by atoms with van der Waals surface area (Å²) in [5.74, 6) is 0.916. The molecule has 1 aromatic rings. The monoisotopic (exact) mass is 270 g/mol. The topological polar surface area (TPSA) is 29.3 Å². The Hall–Kier alpha value is -0.580. The van der Waals surface area contributed by atoms with E-state index >= 15 is 0 Å². The van der Waals surface area contributed by atoms with E-state index in [4.69, 9.17) is 5.73 Å². The summed E-state index contributed by atoms with van der Waals surface area (Å²) in [5.41, 5.74) is 7.12. The Morgan fingerprint density at radius 2 is 1.94 bits per heavy atom. The molecule has 4 heteroatoms. The number of benzene rings is 1. The van der Waals surface area contributed by atoms with Crippen molar-refractivity contribution in [1.82, 2.24) is 4.90 Å². The predicted octanol–water partition coefficient (Wildman–Crippen LogP) is 2.90. The highest BCUT2D eigenvalue weighted by Crippen LogP contribution is 2.15. The molecule has 2 unspecified atom stereocenters. The Balaban J connectivity index is 2.41. The summed E-state index contributed by atoms with van der Waals surface area (Å²) < 4.78 is 12.8. The van der Waals surface area contributed by atoms with Gasteiger partial charge in [-0.25, -0.2) is 4.39 Å². The van der Waals surface area contributed by atoms with Crippen molar-refractivity contribution < 1.29 is 4.39 Å². The van der Waals surface area contributed by atoms with E-state index in [1.807, 2.05) is 11.8 Å². The van der Waals surface area contributed by atoms with E-state index < -0.39 is 0 Å². The molecule has 0 bridgehead atoms. The van der Waals surface area contributed by atoms with Gasteiger partial charge in [0.1, 0.15) is 5.82 Å². The molecule has 1 rings (SSSR count). The summed E-state index contributed by atoms with van der Waals surface area (Å²) in [6.45, 7) is 3.18. The van der Waals surface area contributed by atoms with Crippen LogP contribution in [0.15, 0.2) is 24.3 Å². The molecule has 2 atom stereocenters. The highest BCUT2D eigenvalue weighted by Gasteiger charge is 2.11. The summed E-state index contributed by atoms with van der Waals surface area (Å²) in [7, 11) is 2.12. The van der Waals surface area contributed by atoms with E-state index in [9.17, 15) is 4.39 Å². The third-order valence-electron chi connectivity index (χ3n) is 3.25. The van der Waals surface area contributed by atoms with Gasteiger partial charge in [-0.3, -0.25) is 0 Å². The van der Waals surface area contributed by atoms with Crippen LogP contribution >= 0.6 is 11.8 Å². The predicted molar refractivity (Wildman–Crippen MR) is 78.4 cm³/mol. The first kappa shape index (κ1) is 15.5. The Kier molecular flexibility index (Phi) is 6.68. The smallest absolute Gasteiger partial charge is 0.123 e. The van der Waals surface area contributed by atoms with Gasteiger partial charge in [0.05, 0.1) is 0 Å². The molecule has 0 aliphatic heterocycles. The van der Waals surface area contributed by atoms with Crippen LogP contribution in [0.1, 0.15) is 24.9 Å². The van der Waals surface area contributed by atoms with Crippen LogP contribution in [-0.2, 0) is 0 Å². The van der Waals surface area contributed by atoms with Gasteiger partial charge >= 0.3 is 0 Å². The van der Waals surface area contributed by atoms with E-state index in [1.54, 1.807) is 12.1 Å². The number of nitrogens with zero attached hydrogens (tertiary/aromatic N) is 1. The molecule has 0 radical (unpaired) electrons. The van der Waals surface area contributed by atoms with E-state index in [0.29, 0.717) is 6.04 Å². The van der Waals surface area contributed by atoms with Gasteiger partial charge in [0.2, 0.25) is 0 Å². The average molecular weight is 270 g/mol. The summed E-state index contributed by atoms with van der Waals surface area (Å²) >= 11 is 1.86. The van der Waals surface area contributed by atoms with E-state index in [-0.39, 0.29) is 11.9 Å². The molecule has 0 saturated carbocycles. The van der Waals surface area contributed by atoms with Gasteiger partial charge in [0, 0.05) is 17.8 Å². The molecule has 0 aromatic heterocycles. The zero-order valence-electron chi connectivity index (χ0n) is 11.4. The number of hydrogen-bond donors (Lipinski definition) is 1. The van der Waals surface area contributed by atoms with Crippen molar-refractivity contribution >= 4 is 11.8 Å². The molecule has 102 valence electrons. The minimum absolute atomic E-state index is 0.0190. The van der Waals surface area contributed by atoms with Crippen molar-refractivity contribution in [3.8, 4) is 0 Å². The standard InChI is InChI=1S/C14H23FN2S/c1-11(10-18-3)17(2)9-8-14(16)12-4-6-13(15)7-5-12/h4-7,11,14H,8-10,16H2,1-3H3. The fourth-order valence-corrected chi connectivity index (χ4v) is 2.55. The van der Waals surface area contributed by atoms with Crippen molar-refractivity contribution in [2.75, 3.05) is 25.6 Å². The molecule has 2 nitrogen and oxygen atoms in total. The van der Waals surface area contributed by atoms with Crippen LogP contribution in [0, 0.1) is 5.82 Å². The highest BCUT2D eigenvalue weighted by atomic mass is 32.2. The molecule has 2 N–H and O–H groups in total. The molecule has 1 aromatic carbocycles. The normalized spacial score (nSPS) is 14.8. The summed E-state index contributed by atoms with van der Waals surface area (Å²) in [6.07, 6.45) is 3.01. The lowest BCUT2D eigenvalue weighted by atomic mass is 10.0. The van der Waals surface area contributed by atoms with E-state index in [1.165, 1.54) is 12.1 Å². The van der Waals surface area contributed by atoms with E-state index in [2.05, 4.69) is 25.1 Å². The Morgan fingerprint density at radius 1 is 1.33 bits per heavy atom. The fourth-order valence-electron chi connectivity index (χ4n) is 1.81. The van der Waals surface area contributed by atoms with E-state index in [0.717, 1.165) is 24.3 Å². The van der Waals surface area contributed by atoms with Crippen molar-refractivity contribution in [2.45, 2.75) is 25.4 Å². The molecule has 0 saturated heterocycles. The number of rotatable bonds is 7. The van der Waals surface area contributed by atoms with Crippen LogP contribution in [0.3, 0.4) is 0 Å². The summed E-state index contributed by atoms with van der Waals surface area (Å²) in [5, 5.41) is 0. The minimum Gasteiger partial charge on any atom is -0.324 e. The van der Waals surface area contributed by atoms with Crippen LogP contribution in [0.5, 0.6) is 0 Å². The molecule has 0 aliphatic rings. The molecule has 0 spiro atoms. The summed E-state index contributed by atoms with van der Waals surface area (Å²) in [6, 6.07) is 7.01. The molecule has 0 fully saturated rings. The lowest BCUT2D eigenvalue weighted by molar-refractivity contribution is 0.267. The highest BCUT2D eigenvalue weighted by molar-refractivity contribution is 7.98. The number of halogens is 1. The molecule has 18 heavy (non-hydrogen) atoms. The largest absolute Gasteiger partial charge is 0.324 e. The van der Waals surface area contributed by atoms with Crippen LogP contribution < -0.4 is 5.73 Å². The zero-order chi connectivity index (χ0) is 13.5. The SMILES string of the molecule is CSCC(C)N(C)CCC(N)c1ccc(F)cc1. The molecule has 0 aliphatic carbocycles. The van der Waals surface area contributed by atoms with Gasteiger partial charge in [-0.1, -0.05) is 12.1 Å². The van der Waals surface area contributed by atoms with Gasteiger partial charge < -0.3 is 10.6 Å². The Morgan fingerprint density at radius 3 is 2.50 bits per heavy atom. The van der Waals surface area contributed by atoms with Gasteiger partial charge in [0.15, 0.2) is 0 Å². The third kappa shape index (κ3) is 4.96. The second-order valence-corrected chi connectivity index (χ2v) is 5.64. The van der Waals surface area contributed by atoms with Crippen LogP contribution in [0.25, 0.3) is 0 Å². The maximum atomic E-state index is 12.8. The van der Waals surface area contributed by atoms with Crippen LogP contribution in [0.2, 0.25) is 0 Å². The second-order valence-electron chi connectivity index (χ2n) is 4.73. The van der Waals surface area contributed by atoms with Gasteiger partial charge in [-0.2, -0.15) is 11.8 Å². The zero-order valence-corrected chi connectivity index (χ0v) is 12.2.